The zero-order chi connectivity index (χ0) is 14.4. The molecule has 0 saturated carbocycles. The molecule has 2 rings (SSSR count). The number of nitriles is 1. The van der Waals surface area contributed by atoms with E-state index in [-0.39, 0.29) is 5.54 Å². The normalized spacial score (nSPS) is 18.2. The lowest BCUT2D eigenvalue weighted by Crippen LogP contribution is -2.41. The van der Waals surface area contributed by atoms with Gasteiger partial charge in [-0.05, 0) is 39.3 Å². The van der Waals surface area contributed by atoms with Crippen LogP contribution in [0.4, 0.5) is 0 Å². The Balaban J connectivity index is 1.68. The molecule has 1 unspecified atom stereocenters. The number of fused-ring (bicyclic) bond motifs is 1. The standard InChI is InChI=1S/C14H24N6/c1-3-16-14(2,11-15)6-4-5-7-19-8-9-20-12-17-18-13(20)10-19/h12,16H,3-10H2,1-2H3. The zero-order valence-electron chi connectivity index (χ0n) is 12.5. The summed E-state index contributed by atoms with van der Waals surface area (Å²) in [6.07, 6.45) is 4.90. The Hall–Kier alpha value is -1.45. The first kappa shape index (κ1) is 14.9. The fourth-order valence-electron chi connectivity index (χ4n) is 2.70. The van der Waals surface area contributed by atoms with E-state index < -0.39 is 0 Å². The zero-order valence-corrected chi connectivity index (χ0v) is 12.5. The summed E-state index contributed by atoms with van der Waals surface area (Å²) in [6, 6.07) is 2.38. The van der Waals surface area contributed by atoms with Gasteiger partial charge in [-0.3, -0.25) is 10.2 Å². The quantitative estimate of drug-likeness (QED) is 0.757. The molecule has 1 aromatic rings. The van der Waals surface area contributed by atoms with Crippen LogP contribution in [0.15, 0.2) is 6.33 Å². The van der Waals surface area contributed by atoms with Gasteiger partial charge in [0, 0.05) is 13.1 Å². The summed E-state index contributed by atoms with van der Waals surface area (Å²) in [5.41, 5.74) is -0.378. The monoisotopic (exact) mass is 276 g/mol. The van der Waals surface area contributed by atoms with Gasteiger partial charge in [0.25, 0.3) is 0 Å². The molecule has 1 aliphatic heterocycles. The third-order valence-electron chi connectivity index (χ3n) is 3.93. The molecule has 1 aromatic heterocycles. The molecule has 1 N–H and O–H groups in total. The first-order valence-corrected chi connectivity index (χ1v) is 7.42. The van der Waals surface area contributed by atoms with E-state index in [0.717, 1.165) is 57.8 Å². The lowest BCUT2D eigenvalue weighted by atomic mass is 9.96. The van der Waals surface area contributed by atoms with E-state index in [2.05, 4.69) is 31.1 Å². The van der Waals surface area contributed by atoms with Gasteiger partial charge in [0.1, 0.15) is 17.7 Å². The van der Waals surface area contributed by atoms with Crippen LogP contribution in [0.5, 0.6) is 0 Å². The van der Waals surface area contributed by atoms with Gasteiger partial charge in [-0.25, -0.2) is 0 Å². The van der Waals surface area contributed by atoms with E-state index in [1.165, 1.54) is 0 Å². The molecule has 0 aromatic carbocycles. The maximum absolute atomic E-state index is 9.21. The molecular weight excluding hydrogens is 252 g/mol. The first-order valence-electron chi connectivity index (χ1n) is 7.42. The third kappa shape index (κ3) is 3.78. The Morgan fingerprint density at radius 2 is 2.30 bits per heavy atom. The molecule has 0 amide bonds. The van der Waals surface area contributed by atoms with Crippen molar-refractivity contribution in [3.05, 3.63) is 12.2 Å². The third-order valence-corrected chi connectivity index (χ3v) is 3.93. The van der Waals surface area contributed by atoms with Crippen molar-refractivity contribution >= 4 is 0 Å². The van der Waals surface area contributed by atoms with Crippen molar-refractivity contribution in [3.8, 4) is 6.07 Å². The van der Waals surface area contributed by atoms with Gasteiger partial charge >= 0.3 is 0 Å². The van der Waals surface area contributed by atoms with Crippen molar-refractivity contribution in [1.29, 1.82) is 5.26 Å². The minimum Gasteiger partial charge on any atom is -0.315 e. The van der Waals surface area contributed by atoms with Crippen molar-refractivity contribution < 1.29 is 0 Å². The Morgan fingerprint density at radius 3 is 3.05 bits per heavy atom. The van der Waals surface area contributed by atoms with Crippen LogP contribution in [0.2, 0.25) is 0 Å². The SMILES string of the molecule is CCNC(C)(C#N)CCCCN1CCn2cnnc2C1. The minimum atomic E-state index is -0.378. The van der Waals surface area contributed by atoms with E-state index in [1.54, 1.807) is 6.33 Å². The summed E-state index contributed by atoms with van der Waals surface area (Å²) in [7, 11) is 0. The molecule has 0 bridgehead atoms. The van der Waals surface area contributed by atoms with Gasteiger partial charge in [-0.15, -0.1) is 10.2 Å². The molecule has 110 valence electrons. The molecule has 2 heterocycles. The van der Waals surface area contributed by atoms with Crippen molar-refractivity contribution in [2.75, 3.05) is 19.6 Å². The van der Waals surface area contributed by atoms with E-state index in [9.17, 15) is 5.26 Å². The van der Waals surface area contributed by atoms with Crippen LogP contribution in [0.3, 0.4) is 0 Å². The summed E-state index contributed by atoms with van der Waals surface area (Å²) in [5.74, 6) is 1.06. The van der Waals surface area contributed by atoms with E-state index in [4.69, 9.17) is 0 Å². The van der Waals surface area contributed by atoms with Gasteiger partial charge in [-0.1, -0.05) is 6.92 Å². The second kappa shape index (κ2) is 6.82. The Morgan fingerprint density at radius 1 is 1.45 bits per heavy atom. The highest BCUT2D eigenvalue weighted by Gasteiger charge is 2.22. The minimum absolute atomic E-state index is 0.378. The number of nitrogens with zero attached hydrogens (tertiary/aromatic N) is 5. The molecule has 0 saturated heterocycles. The molecule has 6 nitrogen and oxygen atoms in total. The summed E-state index contributed by atoms with van der Waals surface area (Å²) in [4.78, 5) is 2.42. The number of hydrogen-bond donors (Lipinski definition) is 1. The van der Waals surface area contributed by atoms with Crippen molar-refractivity contribution in [2.24, 2.45) is 0 Å². The number of nitrogens with one attached hydrogen (secondary N) is 1. The Bertz CT molecular complexity index is 462. The summed E-state index contributed by atoms with van der Waals surface area (Å²) < 4.78 is 2.12. The van der Waals surface area contributed by atoms with Gasteiger partial charge < -0.3 is 4.57 Å². The van der Waals surface area contributed by atoms with Gasteiger partial charge in [-0.2, -0.15) is 5.26 Å². The molecule has 6 heteroatoms. The summed E-state index contributed by atoms with van der Waals surface area (Å²) in [6.45, 7) is 8.87. The van der Waals surface area contributed by atoms with E-state index in [1.807, 2.05) is 13.8 Å². The predicted molar refractivity (Wildman–Crippen MR) is 76.8 cm³/mol. The van der Waals surface area contributed by atoms with Crippen LogP contribution in [-0.2, 0) is 13.1 Å². The average Bonchev–Trinajstić information content (AvgIpc) is 2.91. The molecule has 20 heavy (non-hydrogen) atoms. The number of aromatic nitrogens is 3. The highest BCUT2D eigenvalue weighted by atomic mass is 15.3. The fraction of sp³-hybridized carbons (Fsp3) is 0.786. The Kier molecular flexibility index (Phi) is 5.10. The van der Waals surface area contributed by atoms with Crippen molar-refractivity contribution in [1.82, 2.24) is 25.0 Å². The van der Waals surface area contributed by atoms with Crippen LogP contribution in [0.1, 0.15) is 38.9 Å². The highest BCUT2D eigenvalue weighted by molar-refractivity contribution is 5.03. The molecule has 0 spiro atoms. The van der Waals surface area contributed by atoms with Crippen LogP contribution in [0.25, 0.3) is 0 Å². The van der Waals surface area contributed by atoms with Crippen molar-refractivity contribution in [2.45, 2.75) is 51.7 Å². The van der Waals surface area contributed by atoms with E-state index in [0.29, 0.717) is 0 Å². The van der Waals surface area contributed by atoms with Crippen LogP contribution in [-0.4, -0.2) is 44.8 Å². The number of unbranched alkanes of at least 4 members (excludes halogenated alkanes) is 1. The average molecular weight is 276 g/mol. The maximum atomic E-state index is 9.21. The lowest BCUT2D eigenvalue weighted by molar-refractivity contribution is 0.210. The predicted octanol–water partition coefficient (Wildman–Crippen LogP) is 1.16. The van der Waals surface area contributed by atoms with Crippen LogP contribution >= 0.6 is 0 Å². The summed E-state index contributed by atoms with van der Waals surface area (Å²) >= 11 is 0. The van der Waals surface area contributed by atoms with Crippen LogP contribution in [0, 0.1) is 11.3 Å². The fourth-order valence-corrected chi connectivity index (χ4v) is 2.70. The maximum Gasteiger partial charge on any atom is 0.147 e. The van der Waals surface area contributed by atoms with Crippen LogP contribution < -0.4 is 5.32 Å². The Labute approximate surface area is 120 Å². The van der Waals surface area contributed by atoms with Gasteiger partial charge in [0.15, 0.2) is 0 Å². The molecule has 0 fully saturated rings. The first-order chi connectivity index (χ1) is 9.67. The van der Waals surface area contributed by atoms with Crippen molar-refractivity contribution in [3.63, 3.8) is 0 Å². The smallest absolute Gasteiger partial charge is 0.147 e. The molecule has 0 aliphatic carbocycles. The van der Waals surface area contributed by atoms with Gasteiger partial charge in [0.05, 0.1) is 12.6 Å². The second-order valence-corrected chi connectivity index (χ2v) is 5.65. The molecule has 1 aliphatic rings. The molecule has 0 radical (unpaired) electrons. The largest absolute Gasteiger partial charge is 0.315 e. The topological polar surface area (TPSA) is 69.8 Å². The molecule has 1 atom stereocenters. The second-order valence-electron chi connectivity index (χ2n) is 5.65. The summed E-state index contributed by atoms with van der Waals surface area (Å²) in [5, 5.41) is 20.5. The van der Waals surface area contributed by atoms with Gasteiger partial charge in [0.2, 0.25) is 0 Å². The number of hydrogen-bond acceptors (Lipinski definition) is 5. The highest BCUT2D eigenvalue weighted by Crippen LogP contribution is 2.15. The molecular formula is C14H24N6. The lowest BCUT2D eigenvalue weighted by Gasteiger charge is -2.27. The van der Waals surface area contributed by atoms with E-state index >= 15 is 0 Å². The number of rotatable bonds is 7.